The molecule has 39 heavy (non-hydrogen) atoms. The maximum atomic E-state index is 13.8. The first-order valence-corrected chi connectivity index (χ1v) is 13.7. The predicted molar refractivity (Wildman–Crippen MR) is 149 cm³/mol. The highest BCUT2D eigenvalue weighted by molar-refractivity contribution is 7.16. The van der Waals surface area contributed by atoms with Gasteiger partial charge in [0, 0.05) is 43.3 Å². The third-order valence-corrected chi connectivity index (χ3v) is 7.73. The van der Waals surface area contributed by atoms with Gasteiger partial charge in [-0.2, -0.15) is 0 Å². The van der Waals surface area contributed by atoms with E-state index in [2.05, 4.69) is 5.32 Å². The number of aromatic nitrogens is 1. The number of carbonyl (C=O) groups excluding carboxylic acids is 3. The third-order valence-electron chi connectivity index (χ3n) is 6.77. The van der Waals surface area contributed by atoms with Crippen molar-refractivity contribution in [3.8, 4) is 0 Å². The molecule has 0 bridgehead atoms. The van der Waals surface area contributed by atoms with Gasteiger partial charge in [-0.05, 0) is 73.3 Å². The number of halogens is 1. The molecule has 1 unspecified atom stereocenters. The Kier molecular flexibility index (Phi) is 7.65. The van der Waals surface area contributed by atoms with Crippen molar-refractivity contribution in [3.63, 3.8) is 0 Å². The molecule has 1 fully saturated rings. The van der Waals surface area contributed by atoms with E-state index in [1.807, 2.05) is 35.1 Å². The highest BCUT2D eigenvalue weighted by Crippen LogP contribution is 2.28. The molecule has 202 valence electrons. The van der Waals surface area contributed by atoms with Crippen LogP contribution in [0.25, 0.3) is 10.2 Å². The molecule has 2 aromatic heterocycles. The summed E-state index contributed by atoms with van der Waals surface area (Å²) in [6.45, 7) is 5.47. The fraction of sp³-hybridized carbons (Fsp3) is 0.276. The van der Waals surface area contributed by atoms with Crippen LogP contribution in [0.1, 0.15) is 40.3 Å². The molecule has 3 heterocycles. The Labute approximate surface area is 229 Å². The van der Waals surface area contributed by atoms with Gasteiger partial charge >= 0.3 is 12.0 Å². The van der Waals surface area contributed by atoms with Crippen LogP contribution >= 0.6 is 11.3 Å². The number of thiophene rings is 1. The van der Waals surface area contributed by atoms with E-state index in [4.69, 9.17) is 4.74 Å². The molecule has 5 rings (SSSR count). The molecule has 1 atom stereocenters. The summed E-state index contributed by atoms with van der Waals surface area (Å²) in [5.41, 5.74) is 2.30. The molecule has 0 radical (unpaired) electrons. The van der Waals surface area contributed by atoms with E-state index in [-0.39, 0.29) is 23.8 Å². The van der Waals surface area contributed by atoms with E-state index in [9.17, 15) is 18.8 Å². The van der Waals surface area contributed by atoms with Crippen LogP contribution in [0.4, 0.5) is 14.9 Å². The van der Waals surface area contributed by atoms with Crippen molar-refractivity contribution < 1.29 is 23.5 Å². The normalized spacial score (nSPS) is 15.4. The van der Waals surface area contributed by atoms with Gasteiger partial charge in [0.25, 0.3) is 5.91 Å². The van der Waals surface area contributed by atoms with Gasteiger partial charge in [-0.1, -0.05) is 12.1 Å². The number of ether oxygens (including phenoxy) is 1. The number of fused-ring (bicyclic) bond motifs is 1. The summed E-state index contributed by atoms with van der Waals surface area (Å²) in [4.78, 5) is 43.0. The van der Waals surface area contributed by atoms with Crippen LogP contribution in [0.3, 0.4) is 0 Å². The number of amides is 3. The lowest BCUT2D eigenvalue weighted by atomic mass is 10.1. The minimum Gasteiger partial charge on any atom is -0.462 e. The summed E-state index contributed by atoms with van der Waals surface area (Å²) in [6.07, 6.45) is 0. The second-order valence-corrected chi connectivity index (χ2v) is 10.3. The van der Waals surface area contributed by atoms with Gasteiger partial charge in [-0.15, -0.1) is 11.3 Å². The molecule has 0 aliphatic carbocycles. The smallest absolute Gasteiger partial charge is 0.338 e. The van der Waals surface area contributed by atoms with Crippen molar-refractivity contribution in [1.82, 2.24) is 14.4 Å². The molecule has 10 heteroatoms. The Balaban J connectivity index is 1.26. The van der Waals surface area contributed by atoms with Crippen LogP contribution < -0.4 is 5.32 Å². The number of piperazine rings is 1. The Morgan fingerprint density at radius 2 is 1.87 bits per heavy atom. The van der Waals surface area contributed by atoms with E-state index in [0.717, 1.165) is 15.8 Å². The largest absolute Gasteiger partial charge is 0.462 e. The third kappa shape index (κ3) is 5.65. The monoisotopic (exact) mass is 548 g/mol. The van der Waals surface area contributed by atoms with Crippen molar-refractivity contribution in [1.29, 1.82) is 0 Å². The number of anilines is 1. The molecule has 2 aromatic carbocycles. The van der Waals surface area contributed by atoms with E-state index in [1.165, 1.54) is 12.1 Å². The second-order valence-electron chi connectivity index (χ2n) is 9.45. The first kappa shape index (κ1) is 26.4. The van der Waals surface area contributed by atoms with E-state index < -0.39 is 5.97 Å². The fourth-order valence-corrected chi connectivity index (χ4v) is 5.73. The quantitative estimate of drug-likeness (QED) is 0.325. The highest BCUT2D eigenvalue weighted by atomic mass is 32.1. The minimum atomic E-state index is -0.410. The van der Waals surface area contributed by atoms with Crippen molar-refractivity contribution in [3.05, 3.63) is 88.7 Å². The Bertz CT molecular complexity index is 1510. The van der Waals surface area contributed by atoms with Crippen molar-refractivity contribution in [2.45, 2.75) is 26.4 Å². The number of rotatable bonds is 6. The minimum absolute atomic E-state index is 0.115. The number of nitrogens with one attached hydrogen (secondary N) is 1. The van der Waals surface area contributed by atoms with Gasteiger partial charge < -0.3 is 24.4 Å². The number of hydrogen-bond acceptors (Lipinski definition) is 5. The standard InChI is InChI=1S/C29H29FN4O4S/c1-3-38-28(36)21-7-9-24(10-8-21)31-29(37)33-13-12-32(17-19(33)2)26(35)25-16-22-11-14-39-27(22)34(25)18-20-5-4-6-23(30)15-20/h4-11,14-16,19H,3,12-13,17-18H2,1-2H3,(H,31,37). The van der Waals surface area contributed by atoms with Gasteiger partial charge in [0.05, 0.1) is 12.2 Å². The molecule has 1 aliphatic rings. The molecule has 0 spiro atoms. The van der Waals surface area contributed by atoms with E-state index >= 15 is 0 Å². The van der Waals surface area contributed by atoms with Gasteiger partial charge in [0.1, 0.15) is 16.3 Å². The lowest BCUT2D eigenvalue weighted by Gasteiger charge is -2.39. The maximum Gasteiger partial charge on any atom is 0.338 e. The zero-order valence-corrected chi connectivity index (χ0v) is 22.5. The lowest BCUT2D eigenvalue weighted by Crippen LogP contribution is -2.56. The van der Waals surface area contributed by atoms with Gasteiger partial charge in [-0.3, -0.25) is 4.79 Å². The van der Waals surface area contributed by atoms with Gasteiger partial charge in [-0.25, -0.2) is 14.0 Å². The van der Waals surface area contributed by atoms with Crippen LogP contribution in [0, 0.1) is 5.82 Å². The zero-order valence-electron chi connectivity index (χ0n) is 21.7. The maximum absolute atomic E-state index is 13.8. The Morgan fingerprint density at radius 1 is 1.08 bits per heavy atom. The molecule has 1 aliphatic heterocycles. The van der Waals surface area contributed by atoms with Crippen LogP contribution in [-0.4, -0.2) is 64.6 Å². The second kappa shape index (κ2) is 11.3. The van der Waals surface area contributed by atoms with Crippen molar-refractivity contribution >= 4 is 45.1 Å². The summed E-state index contributed by atoms with van der Waals surface area (Å²) < 4.78 is 20.8. The topological polar surface area (TPSA) is 83.9 Å². The van der Waals surface area contributed by atoms with Gasteiger partial charge in [0.2, 0.25) is 0 Å². The SMILES string of the molecule is CCOC(=O)c1ccc(NC(=O)N2CCN(C(=O)c3cc4ccsc4n3Cc3cccc(F)c3)CC2C)cc1. The number of hydrogen-bond donors (Lipinski definition) is 1. The van der Waals surface area contributed by atoms with E-state index in [1.54, 1.807) is 58.4 Å². The first-order valence-electron chi connectivity index (χ1n) is 12.8. The Hall–Kier alpha value is -4.18. The van der Waals surface area contributed by atoms with Gasteiger partial charge in [0.15, 0.2) is 0 Å². The predicted octanol–water partition coefficient (Wildman–Crippen LogP) is 5.45. The van der Waals surface area contributed by atoms with Crippen LogP contribution in [-0.2, 0) is 11.3 Å². The molecule has 1 saturated heterocycles. The zero-order chi connectivity index (χ0) is 27.5. The summed E-state index contributed by atoms with van der Waals surface area (Å²) >= 11 is 1.54. The Morgan fingerprint density at radius 3 is 2.59 bits per heavy atom. The number of esters is 1. The van der Waals surface area contributed by atoms with Crippen LogP contribution in [0.15, 0.2) is 66.0 Å². The highest BCUT2D eigenvalue weighted by Gasteiger charge is 2.32. The average molecular weight is 549 g/mol. The molecular weight excluding hydrogens is 519 g/mol. The number of nitrogens with zero attached hydrogens (tertiary/aromatic N) is 3. The first-order chi connectivity index (χ1) is 18.8. The fourth-order valence-electron chi connectivity index (χ4n) is 4.83. The molecular formula is C29H29FN4O4S. The summed E-state index contributed by atoms with van der Waals surface area (Å²) in [5.74, 6) is -0.837. The van der Waals surface area contributed by atoms with Crippen molar-refractivity contribution in [2.75, 3.05) is 31.6 Å². The number of benzene rings is 2. The number of carbonyl (C=O) groups is 3. The molecule has 3 amide bonds. The average Bonchev–Trinajstić information content (AvgIpc) is 3.51. The van der Waals surface area contributed by atoms with E-state index in [0.29, 0.717) is 49.7 Å². The summed E-state index contributed by atoms with van der Waals surface area (Å²) in [6, 6.07) is 16.3. The number of urea groups is 1. The summed E-state index contributed by atoms with van der Waals surface area (Å²) in [7, 11) is 0. The van der Waals surface area contributed by atoms with Crippen molar-refractivity contribution in [2.24, 2.45) is 0 Å². The lowest BCUT2D eigenvalue weighted by molar-refractivity contribution is 0.0525. The molecule has 8 nitrogen and oxygen atoms in total. The van der Waals surface area contributed by atoms with Crippen LogP contribution in [0.2, 0.25) is 0 Å². The van der Waals surface area contributed by atoms with Crippen LogP contribution in [0.5, 0.6) is 0 Å². The molecule has 0 saturated carbocycles. The molecule has 1 N–H and O–H groups in total. The molecule has 4 aromatic rings. The summed E-state index contributed by atoms with van der Waals surface area (Å²) in [5, 5.41) is 5.82.